The number of carbonyl (C=O) groups is 1. The molecule has 3 nitrogen and oxygen atoms in total. The molecule has 0 aliphatic rings. The molecule has 0 saturated carbocycles. The summed E-state index contributed by atoms with van der Waals surface area (Å²) in [6.45, 7) is 5.27. The molecular weight excluding hydrogens is 197 g/mol. The number of carboxylic acids is 1. The highest BCUT2D eigenvalue weighted by atomic mass is 19.1. The monoisotopic (exact) mass is 209 g/mol. The summed E-state index contributed by atoms with van der Waals surface area (Å²) in [4.78, 5) is 10.5. The summed E-state index contributed by atoms with van der Waals surface area (Å²) in [5, 5.41) is 11.4. The summed E-state index contributed by atoms with van der Waals surface area (Å²) in [6.07, 6.45) is 0. The molecule has 1 rings (SSSR count). The van der Waals surface area contributed by atoms with Crippen LogP contribution in [0.2, 0.25) is 0 Å². The fourth-order valence-corrected chi connectivity index (χ4v) is 1.10. The third-order valence-electron chi connectivity index (χ3n) is 1.98. The smallest absolute Gasteiger partial charge is 0.332 e. The molecule has 0 spiro atoms. The van der Waals surface area contributed by atoms with E-state index in [0.717, 1.165) is 5.56 Å². The van der Waals surface area contributed by atoms with E-state index in [1.807, 2.05) is 0 Å². The lowest BCUT2D eigenvalue weighted by atomic mass is 10.2. The number of halogens is 1. The summed E-state index contributed by atoms with van der Waals surface area (Å²) >= 11 is 0. The predicted octanol–water partition coefficient (Wildman–Crippen LogP) is 2.19. The molecule has 0 aliphatic heterocycles. The number of aliphatic carboxylic acids is 1. The van der Waals surface area contributed by atoms with Crippen LogP contribution in [-0.2, 0) is 4.79 Å². The van der Waals surface area contributed by atoms with Crippen LogP contribution in [0.15, 0.2) is 30.4 Å². The third-order valence-corrected chi connectivity index (χ3v) is 1.98. The standard InChI is InChI=1S/C11H12FNO2/c1-7-5-9(12)3-4-10(7)13-6-8(2)11(14)15/h3-5,13H,2,6H2,1H3,(H,14,15). The minimum absolute atomic E-state index is 0.0683. The van der Waals surface area contributed by atoms with E-state index in [1.54, 1.807) is 13.0 Å². The second-order valence-electron chi connectivity index (χ2n) is 3.22. The molecule has 0 saturated heterocycles. The molecule has 1 aromatic rings. The number of hydrogen-bond acceptors (Lipinski definition) is 2. The van der Waals surface area contributed by atoms with Crippen LogP contribution in [0.5, 0.6) is 0 Å². The number of hydrogen-bond donors (Lipinski definition) is 2. The normalized spacial score (nSPS) is 9.73. The summed E-state index contributed by atoms with van der Waals surface area (Å²) in [5.41, 5.74) is 1.51. The van der Waals surface area contributed by atoms with Gasteiger partial charge < -0.3 is 10.4 Å². The van der Waals surface area contributed by atoms with E-state index >= 15 is 0 Å². The molecule has 4 heteroatoms. The number of nitrogens with one attached hydrogen (secondary N) is 1. The van der Waals surface area contributed by atoms with Gasteiger partial charge in [0.15, 0.2) is 0 Å². The molecule has 1 aromatic carbocycles. The fourth-order valence-electron chi connectivity index (χ4n) is 1.10. The number of benzene rings is 1. The molecule has 0 amide bonds. The van der Waals surface area contributed by atoms with Crippen LogP contribution in [0.25, 0.3) is 0 Å². The van der Waals surface area contributed by atoms with Crippen LogP contribution in [0.4, 0.5) is 10.1 Å². The van der Waals surface area contributed by atoms with Gasteiger partial charge in [0.1, 0.15) is 5.82 Å². The second-order valence-corrected chi connectivity index (χ2v) is 3.22. The van der Waals surface area contributed by atoms with E-state index < -0.39 is 5.97 Å². The Kier molecular flexibility index (Phi) is 3.44. The average molecular weight is 209 g/mol. The van der Waals surface area contributed by atoms with Gasteiger partial charge in [-0.15, -0.1) is 0 Å². The van der Waals surface area contributed by atoms with Crippen LogP contribution < -0.4 is 5.32 Å². The SMILES string of the molecule is C=C(CNc1ccc(F)cc1C)C(=O)O. The maximum Gasteiger partial charge on any atom is 0.332 e. The van der Waals surface area contributed by atoms with Crippen molar-refractivity contribution in [1.82, 2.24) is 0 Å². The molecule has 15 heavy (non-hydrogen) atoms. The Morgan fingerprint density at radius 1 is 1.60 bits per heavy atom. The quantitative estimate of drug-likeness (QED) is 0.747. The molecule has 0 aromatic heterocycles. The highest BCUT2D eigenvalue weighted by molar-refractivity contribution is 5.86. The van der Waals surface area contributed by atoms with Gasteiger partial charge in [-0.3, -0.25) is 0 Å². The first-order valence-corrected chi connectivity index (χ1v) is 4.42. The lowest BCUT2D eigenvalue weighted by Gasteiger charge is -2.08. The van der Waals surface area contributed by atoms with Crippen molar-refractivity contribution in [3.05, 3.63) is 41.7 Å². The zero-order chi connectivity index (χ0) is 11.4. The molecule has 0 bridgehead atoms. The molecule has 0 aliphatic carbocycles. The van der Waals surface area contributed by atoms with Crippen molar-refractivity contribution in [3.8, 4) is 0 Å². The van der Waals surface area contributed by atoms with E-state index in [9.17, 15) is 9.18 Å². The van der Waals surface area contributed by atoms with Gasteiger partial charge in [-0.25, -0.2) is 9.18 Å². The lowest BCUT2D eigenvalue weighted by Crippen LogP contribution is -2.11. The molecule has 0 fully saturated rings. The zero-order valence-electron chi connectivity index (χ0n) is 8.38. The minimum atomic E-state index is -1.04. The third kappa shape index (κ3) is 3.09. The lowest BCUT2D eigenvalue weighted by molar-refractivity contribution is -0.132. The van der Waals surface area contributed by atoms with Crippen molar-refractivity contribution < 1.29 is 14.3 Å². The number of aryl methyl sites for hydroxylation is 1. The van der Waals surface area contributed by atoms with Crippen LogP contribution in [0.1, 0.15) is 5.56 Å². The predicted molar refractivity (Wildman–Crippen MR) is 56.4 cm³/mol. The van der Waals surface area contributed by atoms with E-state index in [-0.39, 0.29) is 17.9 Å². The first-order valence-electron chi connectivity index (χ1n) is 4.42. The first kappa shape index (κ1) is 11.2. The van der Waals surface area contributed by atoms with Crippen molar-refractivity contribution in [2.75, 3.05) is 11.9 Å². The van der Waals surface area contributed by atoms with Crippen molar-refractivity contribution in [2.45, 2.75) is 6.92 Å². The van der Waals surface area contributed by atoms with E-state index in [2.05, 4.69) is 11.9 Å². The van der Waals surface area contributed by atoms with Crippen LogP contribution in [0, 0.1) is 12.7 Å². The van der Waals surface area contributed by atoms with E-state index in [1.165, 1.54) is 12.1 Å². The van der Waals surface area contributed by atoms with Gasteiger partial charge >= 0.3 is 5.97 Å². The summed E-state index contributed by atoms with van der Waals surface area (Å²) < 4.78 is 12.7. The Morgan fingerprint density at radius 3 is 2.80 bits per heavy atom. The summed E-state index contributed by atoms with van der Waals surface area (Å²) in [7, 11) is 0. The Labute approximate surface area is 87.2 Å². The highest BCUT2D eigenvalue weighted by Crippen LogP contribution is 2.15. The molecule has 0 atom stereocenters. The fraction of sp³-hybridized carbons (Fsp3) is 0.182. The largest absolute Gasteiger partial charge is 0.478 e. The number of carboxylic acid groups (broad SMARTS) is 1. The molecular formula is C11H12FNO2. The van der Waals surface area contributed by atoms with Crippen LogP contribution in [0.3, 0.4) is 0 Å². The van der Waals surface area contributed by atoms with Crippen molar-refractivity contribution in [1.29, 1.82) is 0 Å². The Balaban J connectivity index is 2.66. The van der Waals surface area contributed by atoms with Crippen molar-refractivity contribution in [3.63, 3.8) is 0 Å². The molecule has 0 unspecified atom stereocenters. The highest BCUT2D eigenvalue weighted by Gasteiger charge is 2.04. The van der Waals surface area contributed by atoms with Crippen molar-refractivity contribution in [2.24, 2.45) is 0 Å². The van der Waals surface area contributed by atoms with Gasteiger partial charge in [0.2, 0.25) is 0 Å². The minimum Gasteiger partial charge on any atom is -0.478 e. The van der Waals surface area contributed by atoms with Gasteiger partial charge in [-0.05, 0) is 30.7 Å². The Hall–Kier alpha value is -1.84. The van der Waals surface area contributed by atoms with Gasteiger partial charge in [0, 0.05) is 17.8 Å². The van der Waals surface area contributed by atoms with Crippen molar-refractivity contribution >= 4 is 11.7 Å². The van der Waals surface area contributed by atoms with Crippen LogP contribution >= 0.6 is 0 Å². The maximum absolute atomic E-state index is 12.7. The summed E-state index contributed by atoms with van der Waals surface area (Å²) in [6, 6.07) is 4.27. The maximum atomic E-state index is 12.7. The van der Waals surface area contributed by atoms with E-state index in [4.69, 9.17) is 5.11 Å². The first-order chi connectivity index (χ1) is 7.00. The van der Waals surface area contributed by atoms with Crippen LogP contribution in [-0.4, -0.2) is 17.6 Å². The second kappa shape index (κ2) is 4.59. The van der Waals surface area contributed by atoms with Gasteiger partial charge in [-0.2, -0.15) is 0 Å². The Bertz CT molecular complexity index is 402. The van der Waals surface area contributed by atoms with Gasteiger partial charge in [0.25, 0.3) is 0 Å². The molecule has 0 heterocycles. The van der Waals surface area contributed by atoms with Gasteiger partial charge in [0.05, 0.1) is 0 Å². The average Bonchev–Trinajstić information content (AvgIpc) is 2.15. The topological polar surface area (TPSA) is 49.3 Å². The zero-order valence-corrected chi connectivity index (χ0v) is 8.38. The van der Waals surface area contributed by atoms with Gasteiger partial charge in [-0.1, -0.05) is 6.58 Å². The van der Waals surface area contributed by atoms with E-state index in [0.29, 0.717) is 5.69 Å². The number of rotatable bonds is 4. The summed E-state index contributed by atoms with van der Waals surface area (Å²) in [5.74, 6) is -1.35. The Morgan fingerprint density at radius 2 is 2.27 bits per heavy atom. The molecule has 2 N–H and O–H groups in total. The molecule has 80 valence electrons. The molecule has 0 radical (unpaired) electrons. The number of anilines is 1.